The molecule has 1 aromatic carbocycles. The van der Waals surface area contributed by atoms with Gasteiger partial charge in [-0.15, -0.1) is 0 Å². The highest BCUT2D eigenvalue weighted by molar-refractivity contribution is 7.78. The zero-order valence-corrected chi connectivity index (χ0v) is 16.8. The Kier molecular flexibility index (Phi) is 6.75. The monoisotopic (exact) mass is 394 g/mol. The summed E-state index contributed by atoms with van der Waals surface area (Å²) in [4.78, 5) is 38.9. The van der Waals surface area contributed by atoms with Gasteiger partial charge >= 0.3 is 12.1 Å². The predicted octanol–water partition coefficient (Wildman–Crippen LogP) is 2.71. The second kappa shape index (κ2) is 8.65. The van der Waals surface area contributed by atoms with Gasteiger partial charge in [0.2, 0.25) is 5.91 Å². The van der Waals surface area contributed by atoms with E-state index in [-0.39, 0.29) is 32.5 Å². The Hall–Kier alpha value is -2.22. The van der Waals surface area contributed by atoms with E-state index in [1.54, 1.807) is 20.8 Å². The SMILES string of the molecule is CC(C)(C)OC(=O)N1CCC(C(=O)NS)(C(=O)OCc2ccccc2)CC1. The molecule has 0 unspecified atom stereocenters. The summed E-state index contributed by atoms with van der Waals surface area (Å²) in [5, 5.41) is 0. The number of ether oxygens (including phenoxy) is 2. The summed E-state index contributed by atoms with van der Waals surface area (Å²) < 4.78 is 13.0. The normalized spacial score (nSPS) is 16.4. The summed E-state index contributed by atoms with van der Waals surface area (Å²) in [5.74, 6) is -1.13. The molecule has 1 N–H and O–H groups in total. The Morgan fingerprint density at radius 2 is 1.74 bits per heavy atom. The van der Waals surface area contributed by atoms with Crippen molar-refractivity contribution in [2.24, 2.45) is 5.41 Å². The van der Waals surface area contributed by atoms with Crippen molar-refractivity contribution in [3.05, 3.63) is 35.9 Å². The zero-order valence-electron chi connectivity index (χ0n) is 15.9. The molecule has 0 saturated carbocycles. The number of amides is 2. The van der Waals surface area contributed by atoms with Crippen LogP contribution in [0.5, 0.6) is 0 Å². The lowest BCUT2D eigenvalue weighted by atomic mass is 9.77. The van der Waals surface area contributed by atoms with Crippen LogP contribution in [0.3, 0.4) is 0 Å². The molecule has 0 aliphatic carbocycles. The Morgan fingerprint density at radius 1 is 1.15 bits per heavy atom. The first-order valence-corrected chi connectivity index (χ1v) is 9.26. The van der Waals surface area contributed by atoms with Crippen LogP contribution in [0.1, 0.15) is 39.2 Å². The van der Waals surface area contributed by atoms with E-state index in [1.807, 2.05) is 30.3 Å². The molecule has 0 atom stereocenters. The summed E-state index contributed by atoms with van der Waals surface area (Å²) in [6.45, 7) is 5.88. The van der Waals surface area contributed by atoms with Crippen LogP contribution in [-0.4, -0.2) is 41.6 Å². The largest absolute Gasteiger partial charge is 0.460 e. The van der Waals surface area contributed by atoms with Gasteiger partial charge in [0.15, 0.2) is 5.41 Å². The van der Waals surface area contributed by atoms with Gasteiger partial charge in [0.05, 0.1) is 0 Å². The third-order valence-electron chi connectivity index (χ3n) is 4.41. The van der Waals surface area contributed by atoms with Crippen molar-refractivity contribution in [3.63, 3.8) is 0 Å². The number of likely N-dealkylation sites (tertiary alicyclic amines) is 1. The standard InChI is InChI=1S/C19H26N2O5S/c1-18(2,3)26-17(24)21-11-9-19(10-12-21,15(22)20-27)16(23)25-13-14-7-5-4-6-8-14/h4-8,27H,9-13H2,1-3H3,(H,20,22). The molecule has 2 amide bonds. The van der Waals surface area contributed by atoms with Gasteiger partial charge in [-0.25, -0.2) is 4.79 Å². The molecule has 27 heavy (non-hydrogen) atoms. The second-order valence-corrected chi connectivity index (χ2v) is 7.78. The molecule has 0 aromatic heterocycles. The summed E-state index contributed by atoms with van der Waals surface area (Å²) in [6.07, 6.45) is -0.168. The topological polar surface area (TPSA) is 84.9 Å². The Labute approximate surface area is 164 Å². The first kappa shape index (κ1) is 21.1. The van der Waals surface area contributed by atoms with Crippen LogP contribution in [-0.2, 0) is 25.7 Å². The molecule has 0 bridgehead atoms. The third kappa shape index (κ3) is 5.38. The van der Waals surface area contributed by atoms with Crippen LogP contribution in [0.25, 0.3) is 0 Å². The van der Waals surface area contributed by atoms with Crippen molar-refractivity contribution in [2.45, 2.75) is 45.8 Å². The lowest BCUT2D eigenvalue weighted by Gasteiger charge is -2.38. The maximum atomic E-state index is 12.7. The molecule has 7 nitrogen and oxygen atoms in total. The van der Waals surface area contributed by atoms with Gasteiger partial charge in [0.1, 0.15) is 12.2 Å². The molecule has 8 heteroatoms. The summed E-state index contributed by atoms with van der Waals surface area (Å²) in [5.41, 5.74) is -1.14. The minimum absolute atomic E-state index is 0.0804. The number of benzene rings is 1. The summed E-state index contributed by atoms with van der Waals surface area (Å²) >= 11 is 3.82. The van der Waals surface area contributed by atoms with Crippen LogP contribution >= 0.6 is 12.8 Å². The number of hydrogen-bond donors (Lipinski definition) is 2. The second-order valence-electron chi connectivity index (χ2n) is 7.55. The van der Waals surface area contributed by atoms with Gasteiger partial charge in [-0.05, 0) is 39.2 Å². The fourth-order valence-electron chi connectivity index (χ4n) is 2.89. The molecular weight excluding hydrogens is 368 g/mol. The van der Waals surface area contributed by atoms with Crippen LogP contribution in [0.2, 0.25) is 0 Å². The lowest BCUT2D eigenvalue weighted by Crippen LogP contribution is -2.53. The number of thiol groups is 1. The molecule has 1 aliphatic heterocycles. The average molecular weight is 394 g/mol. The smallest absolute Gasteiger partial charge is 0.410 e. The molecular formula is C19H26N2O5S. The third-order valence-corrected chi connectivity index (χ3v) is 4.61. The maximum absolute atomic E-state index is 12.7. The summed E-state index contributed by atoms with van der Waals surface area (Å²) in [7, 11) is 0. The Morgan fingerprint density at radius 3 is 2.26 bits per heavy atom. The van der Waals surface area contributed by atoms with Crippen LogP contribution in [0, 0.1) is 5.41 Å². The van der Waals surface area contributed by atoms with Gasteiger partial charge in [0.25, 0.3) is 0 Å². The lowest BCUT2D eigenvalue weighted by molar-refractivity contribution is -0.165. The first-order chi connectivity index (χ1) is 12.7. The van der Waals surface area contributed by atoms with E-state index < -0.39 is 29.0 Å². The zero-order chi connectivity index (χ0) is 20.1. The number of esters is 1. The number of piperidine rings is 1. The molecule has 1 saturated heterocycles. The highest BCUT2D eigenvalue weighted by Gasteiger charge is 2.50. The molecule has 1 aromatic rings. The van der Waals surface area contributed by atoms with Gasteiger partial charge in [0, 0.05) is 13.1 Å². The van der Waals surface area contributed by atoms with Crippen LogP contribution in [0.15, 0.2) is 30.3 Å². The van der Waals surface area contributed by atoms with Crippen LogP contribution < -0.4 is 4.72 Å². The van der Waals surface area contributed by atoms with E-state index in [1.165, 1.54) is 4.90 Å². The molecule has 1 aliphatic rings. The van der Waals surface area contributed by atoms with Gasteiger partial charge < -0.3 is 19.1 Å². The minimum atomic E-state index is -1.37. The fourth-order valence-corrected chi connectivity index (χ4v) is 3.10. The number of carbonyl (C=O) groups excluding carboxylic acids is 3. The highest BCUT2D eigenvalue weighted by Crippen LogP contribution is 2.34. The molecule has 0 radical (unpaired) electrons. The quantitative estimate of drug-likeness (QED) is 0.466. The van der Waals surface area contributed by atoms with Crippen molar-refractivity contribution in [3.8, 4) is 0 Å². The number of hydrogen-bond acceptors (Lipinski definition) is 6. The van der Waals surface area contributed by atoms with Crippen molar-refractivity contribution in [1.82, 2.24) is 9.62 Å². The maximum Gasteiger partial charge on any atom is 0.410 e. The summed E-state index contributed by atoms with van der Waals surface area (Å²) in [6, 6.07) is 9.23. The number of nitrogens with zero attached hydrogens (tertiary/aromatic N) is 1. The van der Waals surface area contributed by atoms with E-state index in [9.17, 15) is 14.4 Å². The number of rotatable bonds is 4. The van der Waals surface area contributed by atoms with Gasteiger partial charge in [-0.3, -0.25) is 9.59 Å². The van der Waals surface area contributed by atoms with Crippen molar-refractivity contribution in [1.29, 1.82) is 0 Å². The Bertz CT molecular complexity index is 679. The highest BCUT2D eigenvalue weighted by atomic mass is 32.1. The van der Waals surface area contributed by atoms with Crippen molar-refractivity contribution in [2.75, 3.05) is 13.1 Å². The van der Waals surface area contributed by atoms with Crippen molar-refractivity contribution >= 4 is 30.8 Å². The molecule has 2 rings (SSSR count). The Balaban J connectivity index is 2.04. The van der Waals surface area contributed by atoms with Gasteiger partial charge in [-0.2, -0.15) is 0 Å². The van der Waals surface area contributed by atoms with Crippen LogP contribution in [0.4, 0.5) is 4.79 Å². The van der Waals surface area contributed by atoms with E-state index in [0.29, 0.717) is 0 Å². The number of carbonyl (C=O) groups is 3. The predicted molar refractivity (Wildman–Crippen MR) is 103 cm³/mol. The average Bonchev–Trinajstić information content (AvgIpc) is 2.64. The van der Waals surface area contributed by atoms with E-state index in [2.05, 4.69) is 17.5 Å². The van der Waals surface area contributed by atoms with E-state index in [4.69, 9.17) is 9.47 Å². The fraction of sp³-hybridized carbons (Fsp3) is 0.526. The molecule has 0 spiro atoms. The first-order valence-electron chi connectivity index (χ1n) is 8.81. The number of nitrogens with one attached hydrogen (secondary N) is 1. The van der Waals surface area contributed by atoms with Crippen molar-refractivity contribution < 1.29 is 23.9 Å². The van der Waals surface area contributed by atoms with E-state index in [0.717, 1.165) is 5.56 Å². The molecule has 1 heterocycles. The van der Waals surface area contributed by atoms with Gasteiger partial charge in [-0.1, -0.05) is 43.1 Å². The molecule has 148 valence electrons. The minimum Gasteiger partial charge on any atom is -0.460 e. The van der Waals surface area contributed by atoms with E-state index >= 15 is 0 Å². The molecule has 1 fully saturated rings.